The van der Waals surface area contributed by atoms with Crippen LogP contribution in [0.25, 0.3) is 0 Å². The van der Waals surface area contributed by atoms with E-state index in [1.54, 1.807) is 18.2 Å². The number of sulfonamides is 1. The fourth-order valence-corrected chi connectivity index (χ4v) is 2.81. The van der Waals surface area contributed by atoms with Gasteiger partial charge in [0.05, 0.1) is 4.90 Å². The zero-order valence-corrected chi connectivity index (χ0v) is 15.9. The molecule has 1 aromatic heterocycles. The van der Waals surface area contributed by atoms with E-state index in [0.29, 0.717) is 18.5 Å². The minimum absolute atomic E-state index is 0.0106. The van der Waals surface area contributed by atoms with Crippen molar-refractivity contribution in [1.29, 1.82) is 0 Å². The van der Waals surface area contributed by atoms with Gasteiger partial charge in [0.2, 0.25) is 10.0 Å². The third kappa shape index (κ3) is 6.15. The van der Waals surface area contributed by atoms with Crippen molar-refractivity contribution in [3.8, 4) is 0 Å². The van der Waals surface area contributed by atoms with Gasteiger partial charge in [-0.2, -0.15) is 0 Å². The molecule has 2 rings (SSSR count). The maximum absolute atomic E-state index is 12.2. The van der Waals surface area contributed by atoms with Gasteiger partial charge >= 0.3 is 0 Å². The Balaban J connectivity index is 1.93. The van der Waals surface area contributed by atoms with Crippen molar-refractivity contribution in [2.24, 2.45) is 5.14 Å². The Bertz CT molecular complexity index is 925. The number of primary sulfonamides is 1. The van der Waals surface area contributed by atoms with E-state index in [0.717, 1.165) is 5.56 Å². The molecule has 0 bridgehead atoms. The smallest absolute Gasteiger partial charge is 0.269 e. The second-order valence-electron chi connectivity index (χ2n) is 6.25. The van der Waals surface area contributed by atoms with Crippen LogP contribution in [0.15, 0.2) is 47.5 Å². The number of nitrogens with one attached hydrogen (secondary N) is 2. The molecule has 144 valence electrons. The second-order valence-corrected chi connectivity index (χ2v) is 7.81. The van der Waals surface area contributed by atoms with E-state index in [1.807, 2.05) is 13.8 Å². The van der Waals surface area contributed by atoms with E-state index in [9.17, 15) is 18.0 Å². The van der Waals surface area contributed by atoms with Crippen LogP contribution in [0.4, 0.5) is 0 Å². The average Bonchev–Trinajstić information content (AvgIpc) is 2.61. The number of carbonyl (C=O) groups excluding carboxylic acids is 2. The van der Waals surface area contributed by atoms with Gasteiger partial charge in [0.15, 0.2) is 0 Å². The Labute approximate surface area is 158 Å². The van der Waals surface area contributed by atoms with Crippen LogP contribution in [-0.4, -0.2) is 37.8 Å². The number of hydrogen-bond donors (Lipinski definition) is 3. The lowest BCUT2D eigenvalue weighted by Gasteiger charge is -2.09. The van der Waals surface area contributed by atoms with Gasteiger partial charge in [-0.25, -0.2) is 13.6 Å². The zero-order chi connectivity index (χ0) is 20.0. The first-order valence-electron chi connectivity index (χ1n) is 8.33. The first-order chi connectivity index (χ1) is 12.7. The predicted octanol–water partition coefficient (Wildman–Crippen LogP) is 0.840. The van der Waals surface area contributed by atoms with Gasteiger partial charge in [0, 0.05) is 24.3 Å². The topological polar surface area (TPSA) is 131 Å². The van der Waals surface area contributed by atoms with E-state index >= 15 is 0 Å². The molecule has 0 saturated heterocycles. The van der Waals surface area contributed by atoms with Gasteiger partial charge < -0.3 is 10.6 Å². The van der Waals surface area contributed by atoms with Crippen LogP contribution in [0.5, 0.6) is 0 Å². The van der Waals surface area contributed by atoms with Gasteiger partial charge in [-0.15, -0.1) is 0 Å². The number of nitrogens with zero attached hydrogens (tertiary/aromatic N) is 1. The summed E-state index contributed by atoms with van der Waals surface area (Å²) in [5.41, 5.74) is 1.36. The maximum atomic E-state index is 12.2. The molecule has 0 aliphatic rings. The minimum atomic E-state index is -3.72. The summed E-state index contributed by atoms with van der Waals surface area (Å²) in [6.45, 7) is 4.03. The molecular formula is C18H22N4O4S. The fourth-order valence-electron chi connectivity index (χ4n) is 2.30. The zero-order valence-electron chi connectivity index (χ0n) is 15.1. The molecule has 0 fully saturated rings. The van der Waals surface area contributed by atoms with Crippen molar-refractivity contribution in [3.63, 3.8) is 0 Å². The second kappa shape index (κ2) is 8.74. The average molecular weight is 390 g/mol. The first-order valence-corrected chi connectivity index (χ1v) is 9.88. The molecule has 1 aromatic carbocycles. The number of benzene rings is 1. The van der Waals surface area contributed by atoms with Crippen molar-refractivity contribution in [2.75, 3.05) is 6.54 Å². The van der Waals surface area contributed by atoms with E-state index in [1.165, 1.54) is 24.4 Å². The Hall–Kier alpha value is -2.78. The molecule has 8 nitrogen and oxygen atoms in total. The van der Waals surface area contributed by atoms with E-state index in [2.05, 4.69) is 15.6 Å². The molecule has 2 amide bonds. The monoisotopic (exact) mass is 390 g/mol. The highest BCUT2D eigenvalue weighted by atomic mass is 32.2. The predicted molar refractivity (Wildman–Crippen MR) is 101 cm³/mol. The number of nitrogens with two attached hydrogens (primary N) is 1. The number of rotatable bonds is 7. The summed E-state index contributed by atoms with van der Waals surface area (Å²) in [6.07, 6.45) is 1.92. The van der Waals surface area contributed by atoms with Crippen molar-refractivity contribution < 1.29 is 18.0 Å². The summed E-state index contributed by atoms with van der Waals surface area (Å²) in [4.78, 5) is 28.3. The van der Waals surface area contributed by atoms with Gasteiger partial charge in [-0.1, -0.05) is 12.1 Å². The largest absolute Gasteiger partial charge is 0.350 e. The molecule has 4 N–H and O–H groups in total. The Morgan fingerprint density at radius 2 is 1.78 bits per heavy atom. The third-order valence-corrected chi connectivity index (χ3v) is 4.55. The lowest BCUT2D eigenvalue weighted by atomic mass is 10.1. The summed E-state index contributed by atoms with van der Waals surface area (Å²) < 4.78 is 22.4. The quantitative estimate of drug-likeness (QED) is 0.645. The van der Waals surface area contributed by atoms with Crippen LogP contribution in [0.2, 0.25) is 0 Å². The summed E-state index contributed by atoms with van der Waals surface area (Å²) in [6, 6.07) is 9.09. The van der Waals surface area contributed by atoms with E-state index in [-0.39, 0.29) is 22.5 Å². The molecular weight excluding hydrogens is 368 g/mol. The molecule has 9 heteroatoms. The van der Waals surface area contributed by atoms with E-state index < -0.39 is 15.9 Å². The minimum Gasteiger partial charge on any atom is -0.350 e. The standard InChI is InChI=1S/C18H22N4O4S/c1-12(2)22-17(23)14-8-10-20-16(11-14)18(24)21-9-7-13-3-5-15(6-4-13)27(19,25)26/h3-6,8,10-12H,7,9H2,1-2H3,(H,21,24)(H,22,23)(H2,19,25,26). The Morgan fingerprint density at radius 3 is 2.37 bits per heavy atom. The van der Waals surface area contributed by atoms with Crippen LogP contribution >= 0.6 is 0 Å². The SMILES string of the molecule is CC(C)NC(=O)c1ccnc(C(=O)NCCc2ccc(S(N)(=O)=O)cc2)c1. The lowest BCUT2D eigenvalue weighted by molar-refractivity contribution is 0.0943. The van der Waals surface area contributed by atoms with Gasteiger partial charge in [0.25, 0.3) is 11.8 Å². The van der Waals surface area contributed by atoms with Crippen LogP contribution < -0.4 is 15.8 Å². The molecule has 0 aliphatic heterocycles. The van der Waals surface area contributed by atoms with E-state index in [4.69, 9.17) is 5.14 Å². The molecule has 0 aliphatic carbocycles. The van der Waals surface area contributed by atoms with Crippen LogP contribution in [0.1, 0.15) is 40.3 Å². The molecule has 0 saturated carbocycles. The number of carbonyl (C=O) groups is 2. The molecule has 0 spiro atoms. The van der Waals surface area contributed by atoms with Gasteiger partial charge in [-0.3, -0.25) is 14.6 Å². The third-order valence-electron chi connectivity index (χ3n) is 3.63. The molecule has 2 aromatic rings. The van der Waals surface area contributed by atoms with Gasteiger partial charge in [-0.05, 0) is 50.1 Å². The fraction of sp³-hybridized carbons (Fsp3) is 0.278. The number of amides is 2. The lowest BCUT2D eigenvalue weighted by Crippen LogP contribution is -2.31. The Morgan fingerprint density at radius 1 is 1.11 bits per heavy atom. The molecule has 27 heavy (non-hydrogen) atoms. The molecule has 0 atom stereocenters. The first kappa shape index (κ1) is 20.5. The highest BCUT2D eigenvalue weighted by molar-refractivity contribution is 7.89. The van der Waals surface area contributed by atoms with Crippen LogP contribution in [-0.2, 0) is 16.4 Å². The van der Waals surface area contributed by atoms with Gasteiger partial charge in [0.1, 0.15) is 5.69 Å². The summed E-state index contributed by atoms with van der Waals surface area (Å²) in [7, 11) is -3.72. The normalized spacial score (nSPS) is 11.3. The molecule has 1 heterocycles. The van der Waals surface area contributed by atoms with Crippen molar-refractivity contribution >= 4 is 21.8 Å². The maximum Gasteiger partial charge on any atom is 0.269 e. The van der Waals surface area contributed by atoms with Crippen LogP contribution in [0.3, 0.4) is 0 Å². The number of pyridine rings is 1. The highest BCUT2D eigenvalue weighted by Gasteiger charge is 2.12. The highest BCUT2D eigenvalue weighted by Crippen LogP contribution is 2.09. The number of aromatic nitrogens is 1. The summed E-state index contributed by atoms with van der Waals surface area (Å²) >= 11 is 0. The van der Waals surface area contributed by atoms with Crippen LogP contribution in [0, 0.1) is 0 Å². The Kier molecular flexibility index (Phi) is 6.65. The molecule has 0 unspecified atom stereocenters. The van der Waals surface area contributed by atoms with Crippen molar-refractivity contribution in [2.45, 2.75) is 31.2 Å². The summed E-state index contributed by atoms with van der Waals surface area (Å²) in [5.74, 6) is -0.660. The summed E-state index contributed by atoms with van der Waals surface area (Å²) in [5, 5.41) is 10.5. The number of hydrogen-bond acceptors (Lipinski definition) is 5. The van der Waals surface area contributed by atoms with Crippen molar-refractivity contribution in [3.05, 3.63) is 59.4 Å². The van der Waals surface area contributed by atoms with Crippen molar-refractivity contribution in [1.82, 2.24) is 15.6 Å². The molecule has 0 radical (unpaired) electrons.